The number of aliphatic carboxylic acids is 1. The van der Waals surface area contributed by atoms with Gasteiger partial charge in [0.25, 0.3) is 0 Å². The molecule has 11 heteroatoms. The second-order valence-electron chi connectivity index (χ2n) is 9.39. The predicted octanol–water partition coefficient (Wildman–Crippen LogP) is 3.88. The molecule has 2 N–H and O–H groups in total. The Kier molecular flexibility index (Phi) is 6.80. The first-order valence-electron chi connectivity index (χ1n) is 12.0. The topological polar surface area (TPSA) is 143 Å². The minimum absolute atomic E-state index is 0.0696. The molecule has 2 aliphatic heterocycles. The number of imide groups is 1. The van der Waals surface area contributed by atoms with Gasteiger partial charge in [-0.1, -0.05) is 54.6 Å². The Balaban J connectivity index is 1.52. The lowest BCUT2D eigenvalue weighted by Gasteiger charge is -2.31. The third kappa shape index (κ3) is 4.27. The number of furan rings is 1. The first kappa shape index (κ1) is 25.7. The molecule has 2 aliphatic rings. The highest BCUT2D eigenvalue weighted by atomic mass is 32.2. The Bertz CT molecular complexity index is 1390. The molecule has 0 saturated carbocycles. The Morgan fingerprint density at radius 2 is 1.76 bits per heavy atom. The quantitative estimate of drug-likeness (QED) is 0.237. The molecule has 2 aromatic carbocycles. The van der Waals surface area contributed by atoms with Crippen LogP contribution < -0.4 is 5.32 Å². The van der Waals surface area contributed by atoms with Gasteiger partial charge in [-0.25, -0.2) is 0 Å². The van der Waals surface area contributed by atoms with Gasteiger partial charge in [-0.3, -0.25) is 34.7 Å². The molecule has 10 nitrogen and oxygen atoms in total. The van der Waals surface area contributed by atoms with E-state index in [1.54, 1.807) is 0 Å². The molecule has 0 aliphatic carbocycles. The maximum Gasteiger partial charge on any atom is 0.433 e. The van der Waals surface area contributed by atoms with Crippen molar-refractivity contribution in [2.24, 2.45) is 11.8 Å². The van der Waals surface area contributed by atoms with Gasteiger partial charge < -0.3 is 9.52 Å². The van der Waals surface area contributed by atoms with Crippen LogP contribution in [0.1, 0.15) is 23.8 Å². The van der Waals surface area contributed by atoms with Crippen molar-refractivity contribution in [2.75, 3.05) is 12.0 Å². The lowest BCUT2D eigenvalue weighted by Crippen LogP contribution is -2.56. The average molecular weight is 536 g/mol. The molecule has 2 amide bonds. The number of nitrogens with zero attached hydrogens (tertiary/aromatic N) is 2. The van der Waals surface area contributed by atoms with Crippen LogP contribution in [0.15, 0.2) is 71.1 Å². The molecule has 38 heavy (non-hydrogen) atoms. The smallest absolute Gasteiger partial charge is 0.433 e. The van der Waals surface area contributed by atoms with Crippen LogP contribution in [0, 0.1) is 22.0 Å². The van der Waals surface area contributed by atoms with Gasteiger partial charge in [-0.2, -0.15) is 11.8 Å². The molecule has 0 spiro atoms. The Hall–Kier alpha value is -3.96. The number of hydrogen-bond acceptors (Lipinski definition) is 8. The fourth-order valence-electron chi connectivity index (χ4n) is 5.52. The van der Waals surface area contributed by atoms with Gasteiger partial charge in [0, 0.05) is 6.04 Å². The number of hydrogen-bond donors (Lipinski definition) is 2. The lowest BCUT2D eigenvalue weighted by molar-refractivity contribution is -0.402. The molecule has 1 aromatic heterocycles. The van der Waals surface area contributed by atoms with Crippen molar-refractivity contribution in [1.29, 1.82) is 0 Å². The van der Waals surface area contributed by atoms with E-state index in [4.69, 9.17) is 4.42 Å². The zero-order chi connectivity index (χ0) is 27.0. The predicted molar refractivity (Wildman–Crippen MR) is 139 cm³/mol. The molecule has 3 heterocycles. The van der Waals surface area contributed by atoms with Crippen LogP contribution in [0.4, 0.5) is 5.88 Å². The van der Waals surface area contributed by atoms with Crippen LogP contribution in [0.2, 0.25) is 0 Å². The summed E-state index contributed by atoms with van der Waals surface area (Å²) < 4.78 is 5.18. The highest BCUT2D eigenvalue weighted by molar-refractivity contribution is 7.98. The number of carboxylic acid groups (broad SMARTS) is 1. The Labute approximate surface area is 222 Å². The molecule has 2 saturated heterocycles. The van der Waals surface area contributed by atoms with E-state index in [9.17, 15) is 29.6 Å². The summed E-state index contributed by atoms with van der Waals surface area (Å²) in [6.45, 7) is -0.309. The van der Waals surface area contributed by atoms with E-state index in [-0.39, 0.29) is 18.7 Å². The molecular formula is C27H25N3O7S. The monoisotopic (exact) mass is 535 g/mol. The summed E-state index contributed by atoms with van der Waals surface area (Å²) in [7, 11) is 0. The van der Waals surface area contributed by atoms with E-state index in [0.717, 1.165) is 22.1 Å². The van der Waals surface area contributed by atoms with Gasteiger partial charge in [0.1, 0.15) is 16.2 Å². The largest absolute Gasteiger partial charge is 0.480 e. The number of carboxylic acids is 1. The summed E-state index contributed by atoms with van der Waals surface area (Å²) in [5.41, 5.74) is 1.03. The Morgan fingerprint density at radius 3 is 2.37 bits per heavy atom. The number of carbonyl (C=O) groups is 3. The van der Waals surface area contributed by atoms with Crippen molar-refractivity contribution in [3.05, 3.63) is 88.2 Å². The molecule has 196 valence electrons. The zero-order valence-electron chi connectivity index (χ0n) is 20.4. The molecule has 4 atom stereocenters. The van der Waals surface area contributed by atoms with Gasteiger partial charge in [0.05, 0.1) is 24.4 Å². The maximum absolute atomic E-state index is 13.7. The van der Waals surface area contributed by atoms with Crippen molar-refractivity contribution < 1.29 is 28.8 Å². The molecule has 0 radical (unpaired) electrons. The molecule has 0 bridgehead atoms. The summed E-state index contributed by atoms with van der Waals surface area (Å²) in [6, 6.07) is 19.0. The van der Waals surface area contributed by atoms with Crippen molar-refractivity contribution in [3.63, 3.8) is 0 Å². The van der Waals surface area contributed by atoms with Crippen LogP contribution in [0.25, 0.3) is 11.1 Å². The van der Waals surface area contributed by atoms with Gasteiger partial charge in [0.2, 0.25) is 11.8 Å². The minimum atomic E-state index is -1.65. The number of carbonyl (C=O) groups excluding carboxylic acids is 2. The third-order valence-corrected chi connectivity index (χ3v) is 7.96. The number of nitrogens with one attached hydrogen (secondary N) is 1. The maximum atomic E-state index is 13.7. The van der Waals surface area contributed by atoms with E-state index < -0.39 is 52.0 Å². The lowest BCUT2D eigenvalue weighted by atomic mass is 9.78. The summed E-state index contributed by atoms with van der Waals surface area (Å²) in [6.07, 6.45) is 1.99. The summed E-state index contributed by atoms with van der Waals surface area (Å²) in [5, 5.41) is 24.6. The van der Waals surface area contributed by atoms with Gasteiger partial charge in [-0.15, -0.1) is 0 Å². The second kappa shape index (κ2) is 10.1. The van der Waals surface area contributed by atoms with Crippen LogP contribution in [0.5, 0.6) is 0 Å². The molecule has 4 unspecified atom stereocenters. The first-order chi connectivity index (χ1) is 18.3. The number of nitro groups is 1. The molecular weight excluding hydrogens is 510 g/mol. The minimum Gasteiger partial charge on any atom is -0.480 e. The molecule has 5 rings (SSSR count). The zero-order valence-corrected chi connectivity index (χ0v) is 21.2. The van der Waals surface area contributed by atoms with Crippen molar-refractivity contribution in [2.45, 2.75) is 24.5 Å². The Morgan fingerprint density at radius 1 is 1.08 bits per heavy atom. The molecule has 2 fully saturated rings. The number of benzene rings is 2. The highest BCUT2D eigenvalue weighted by Gasteiger charge is 2.68. The number of thioether (sulfide) groups is 1. The van der Waals surface area contributed by atoms with Crippen molar-refractivity contribution in [3.8, 4) is 11.1 Å². The SMILES string of the molecule is CSCCC1(C(=O)O)NC(c2ccc(-c3ccccc3)cc2)C2C(=O)N(Cc3ccc([N+](=O)[O-])o3)C(=O)C21. The first-order valence-corrected chi connectivity index (χ1v) is 13.4. The average Bonchev–Trinajstić information content (AvgIpc) is 3.60. The van der Waals surface area contributed by atoms with Crippen LogP contribution in [-0.4, -0.2) is 50.3 Å². The molecule has 3 aromatic rings. The summed E-state index contributed by atoms with van der Waals surface area (Å²) in [4.78, 5) is 51.4. The van der Waals surface area contributed by atoms with E-state index in [1.165, 1.54) is 17.8 Å². The van der Waals surface area contributed by atoms with Gasteiger partial charge in [-0.05, 0) is 41.2 Å². The van der Waals surface area contributed by atoms with E-state index in [2.05, 4.69) is 5.32 Å². The fourth-order valence-corrected chi connectivity index (χ4v) is 6.05. The number of amides is 2. The summed E-state index contributed by atoms with van der Waals surface area (Å²) >= 11 is 1.45. The number of rotatable bonds is 9. The highest BCUT2D eigenvalue weighted by Crippen LogP contribution is 2.50. The normalized spacial score (nSPS) is 24.6. The van der Waals surface area contributed by atoms with Gasteiger partial charge in [0.15, 0.2) is 0 Å². The summed E-state index contributed by atoms with van der Waals surface area (Å²) in [5.74, 6) is -4.40. The van der Waals surface area contributed by atoms with Gasteiger partial charge >= 0.3 is 11.9 Å². The van der Waals surface area contributed by atoms with Crippen LogP contribution in [-0.2, 0) is 20.9 Å². The standard InChI is InChI=1S/C27H25N3O7S/c1-38-14-13-27(26(33)34)22-21(24(31)29(25(22)32)15-19-11-12-20(37-19)30(35)36)23(28-27)18-9-7-17(8-10-18)16-5-3-2-4-6-16/h2-12,21-23,28H,13-15H2,1H3,(H,33,34). The third-order valence-electron chi connectivity index (χ3n) is 7.35. The number of likely N-dealkylation sites (tertiary alicyclic amines) is 1. The number of fused-ring (bicyclic) bond motifs is 1. The fraction of sp³-hybridized carbons (Fsp3) is 0.296. The van der Waals surface area contributed by atoms with Crippen LogP contribution >= 0.6 is 11.8 Å². The second-order valence-corrected chi connectivity index (χ2v) is 10.4. The van der Waals surface area contributed by atoms with Crippen LogP contribution in [0.3, 0.4) is 0 Å². The van der Waals surface area contributed by atoms with E-state index in [1.807, 2.05) is 60.9 Å². The van der Waals surface area contributed by atoms with E-state index in [0.29, 0.717) is 11.3 Å². The van der Waals surface area contributed by atoms with Crippen molar-refractivity contribution in [1.82, 2.24) is 10.2 Å². The van der Waals surface area contributed by atoms with E-state index >= 15 is 0 Å². The van der Waals surface area contributed by atoms with Crippen molar-refractivity contribution >= 4 is 35.4 Å².